The summed E-state index contributed by atoms with van der Waals surface area (Å²) in [6, 6.07) is 0. The average Bonchev–Trinajstić information content (AvgIpc) is 2.39. The van der Waals surface area contributed by atoms with E-state index in [4.69, 9.17) is 4.74 Å². The molecule has 1 atom stereocenters. The van der Waals surface area contributed by atoms with E-state index in [1.54, 1.807) is 0 Å². The molecular formula is C12H19N3O. The number of ether oxygens (including phenoxy) is 1. The van der Waals surface area contributed by atoms with Gasteiger partial charge in [-0.3, -0.25) is 4.98 Å². The number of rotatable bonds is 3. The van der Waals surface area contributed by atoms with Crippen LogP contribution in [-0.2, 0) is 4.74 Å². The summed E-state index contributed by atoms with van der Waals surface area (Å²) in [6.07, 6.45) is 4.89. The summed E-state index contributed by atoms with van der Waals surface area (Å²) >= 11 is 0. The lowest BCUT2D eigenvalue weighted by molar-refractivity contribution is 0.122. The summed E-state index contributed by atoms with van der Waals surface area (Å²) in [5.41, 5.74) is 1.08. The Balaban J connectivity index is 2.06. The van der Waals surface area contributed by atoms with Gasteiger partial charge >= 0.3 is 0 Å². The lowest BCUT2D eigenvalue weighted by atomic mass is 10.1. The molecule has 1 aromatic heterocycles. The molecule has 16 heavy (non-hydrogen) atoms. The van der Waals surface area contributed by atoms with Crippen LogP contribution in [0.4, 0.5) is 5.82 Å². The molecule has 0 N–H and O–H groups in total. The van der Waals surface area contributed by atoms with Crippen LogP contribution >= 0.6 is 0 Å². The molecule has 4 heteroatoms. The lowest BCUT2D eigenvalue weighted by Crippen LogP contribution is -2.36. The van der Waals surface area contributed by atoms with Crippen molar-refractivity contribution in [1.82, 2.24) is 9.97 Å². The first-order chi connectivity index (χ1) is 7.81. The fourth-order valence-corrected chi connectivity index (χ4v) is 1.75. The number of hydrogen-bond acceptors (Lipinski definition) is 4. The molecule has 0 amide bonds. The minimum Gasteiger partial charge on any atom is -0.378 e. The van der Waals surface area contributed by atoms with Crippen LogP contribution in [0.1, 0.15) is 31.9 Å². The first-order valence-electron chi connectivity index (χ1n) is 5.96. The molecule has 1 unspecified atom stereocenters. The van der Waals surface area contributed by atoms with Crippen LogP contribution in [-0.4, -0.2) is 36.3 Å². The smallest absolute Gasteiger partial charge is 0.147 e. The van der Waals surface area contributed by atoms with Gasteiger partial charge in [0.15, 0.2) is 0 Å². The molecular weight excluding hydrogens is 202 g/mol. The Bertz CT molecular complexity index is 320. The molecule has 0 aromatic carbocycles. The van der Waals surface area contributed by atoms with Crippen molar-refractivity contribution in [3.8, 4) is 0 Å². The molecule has 2 rings (SSSR count). The molecule has 2 heterocycles. The van der Waals surface area contributed by atoms with E-state index in [0.717, 1.165) is 44.2 Å². The number of anilines is 1. The van der Waals surface area contributed by atoms with Crippen LogP contribution in [0.3, 0.4) is 0 Å². The van der Waals surface area contributed by atoms with E-state index >= 15 is 0 Å². The van der Waals surface area contributed by atoms with Crippen LogP contribution in [0, 0.1) is 0 Å². The van der Waals surface area contributed by atoms with Crippen LogP contribution in [0.2, 0.25) is 0 Å². The molecule has 1 aliphatic heterocycles. The highest BCUT2D eigenvalue weighted by molar-refractivity contribution is 5.36. The van der Waals surface area contributed by atoms with Crippen LogP contribution in [0.15, 0.2) is 12.4 Å². The van der Waals surface area contributed by atoms with E-state index in [0.29, 0.717) is 5.92 Å². The maximum Gasteiger partial charge on any atom is 0.147 e. The van der Waals surface area contributed by atoms with Gasteiger partial charge in [0.1, 0.15) is 5.82 Å². The topological polar surface area (TPSA) is 38.2 Å². The predicted octanol–water partition coefficient (Wildman–Crippen LogP) is 1.83. The molecule has 0 radical (unpaired) electrons. The van der Waals surface area contributed by atoms with Crippen molar-refractivity contribution in [2.24, 2.45) is 0 Å². The highest BCUT2D eigenvalue weighted by Crippen LogP contribution is 2.17. The molecule has 88 valence electrons. The Kier molecular flexibility index (Phi) is 3.72. The van der Waals surface area contributed by atoms with Gasteiger partial charge in [-0.1, -0.05) is 13.8 Å². The van der Waals surface area contributed by atoms with Crippen LogP contribution in [0.25, 0.3) is 0 Å². The van der Waals surface area contributed by atoms with E-state index in [9.17, 15) is 0 Å². The second-order valence-corrected chi connectivity index (χ2v) is 4.21. The molecule has 0 saturated carbocycles. The lowest BCUT2D eigenvalue weighted by Gasteiger charge is -2.27. The summed E-state index contributed by atoms with van der Waals surface area (Å²) in [6.45, 7) is 7.75. The molecule has 0 spiro atoms. The van der Waals surface area contributed by atoms with Crippen LogP contribution in [0.5, 0.6) is 0 Å². The Morgan fingerprint density at radius 2 is 2.06 bits per heavy atom. The molecule has 1 aromatic rings. The zero-order valence-electron chi connectivity index (χ0n) is 10.0. The van der Waals surface area contributed by atoms with Gasteiger partial charge in [0.05, 0.1) is 31.3 Å². The van der Waals surface area contributed by atoms with Crippen LogP contribution < -0.4 is 4.90 Å². The third-order valence-electron chi connectivity index (χ3n) is 3.11. The fourth-order valence-electron chi connectivity index (χ4n) is 1.75. The van der Waals surface area contributed by atoms with E-state index in [2.05, 4.69) is 28.7 Å². The average molecular weight is 221 g/mol. The van der Waals surface area contributed by atoms with E-state index < -0.39 is 0 Å². The summed E-state index contributed by atoms with van der Waals surface area (Å²) in [4.78, 5) is 11.2. The molecule has 4 nitrogen and oxygen atoms in total. The number of nitrogens with zero attached hydrogens (tertiary/aromatic N) is 3. The van der Waals surface area contributed by atoms with Crippen molar-refractivity contribution >= 4 is 5.82 Å². The van der Waals surface area contributed by atoms with Crippen molar-refractivity contribution in [2.75, 3.05) is 31.2 Å². The first kappa shape index (κ1) is 11.3. The van der Waals surface area contributed by atoms with Gasteiger partial charge in [0.2, 0.25) is 0 Å². The van der Waals surface area contributed by atoms with Gasteiger partial charge in [-0.15, -0.1) is 0 Å². The van der Waals surface area contributed by atoms with Gasteiger partial charge in [-0.05, 0) is 12.3 Å². The summed E-state index contributed by atoms with van der Waals surface area (Å²) in [5, 5.41) is 0. The SMILES string of the molecule is CCC(C)c1cnc(N2CCOCC2)cn1. The summed E-state index contributed by atoms with van der Waals surface area (Å²) in [5.74, 6) is 1.46. The molecule has 0 bridgehead atoms. The number of aromatic nitrogens is 2. The fraction of sp³-hybridized carbons (Fsp3) is 0.667. The van der Waals surface area contributed by atoms with Gasteiger partial charge < -0.3 is 9.64 Å². The quantitative estimate of drug-likeness (QED) is 0.780. The first-order valence-corrected chi connectivity index (χ1v) is 5.96. The van der Waals surface area contributed by atoms with E-state index in [-0.39, 0.29) is 0 Å². The van der Waals surface area contributed by atoms with Gasteiger partial charge in [0, 0.05) is 13.1 Å². The summed E-state index contributed by atoms with van der Waals surface area (Å²) in [7, 11) is 0. The van der Waals surface area contributed by atoms with Crippen molar-refractivity contribution in [3.05, 3.63) is 18.1 Å². The Morgan fingerprint density at radius 1 is 1.31 bits per heavy atom. The Morgan fingerprint density at radius 3 is 2.62 bits per heavy atom. The Labute approximate surface area is 96.7 Å². The van der Waals surface area contributed by atoms with Crippen molar-refractivity contribution in [3.63, 3.8) is 0 Å². The largest absolute Gasteiger partial charge is 0.378 e. The van der Waals surface area contributed by atoms with E-state index in [1.807, 2.05) is 12.4 Å². The standard InChI is InChI=1S/C12H19N3O/c1-3-10(2)11-8-14-12(9-13-11)15-4-6-16-7-5-15/h8-10H,3-7H2,1-2H3. The van der Waals surface area contributed by atoms with Gasteiger partial charge in [-0.25, -0.2) is 4.98 Å². The van der Waals surface area contributed by atoms with Crippen molar-refractivity contribution in [1.29, 1.82) is 0 Å². The third kappa shape index (κ3) is 2.50. The normalized spacial score (nSPS) is 18.5. The van der Waals surface area contributed by atoms with E-state index in [1.165, 1.54) is 0 Å². The second-order valence-electron chi connectivity index (χ2n) is 4.21. The number of hydrogen-bond donors (Lipinski definition) is 0. The van der Waals surface area contributed by atoms with Crippen molar-refractivity contribution < 1.29 is 4.74 Å². The minimum absolute atomic E-state index is 0.492. The highest BCUT2D eigenvalue weighted by Gasteiger charge is 2.13. The van der Waals surface area contributed by atoms with Crippen molar-refractivity contribution in [2.45, 2.75) is 26.2 Å². The number of morpholine rings is 1. The molecule has 1 fully saturated rings. The molecule has 1 saturated heterocycles. The maximum atomic E-state index is 5.31. The third-order valence-corrected chi connectivity index (χ3v) is 3.11. The zero-order chi connectivity index (χ0) is 11.4. The predicted molar refractivity (Wildman–Crippen MR) is 63.8 cm³/mol. The Hall–Kier alpha value is -1.16. The monoisotopic (exact) mass is 221 g/mol. The highest BCUT2D eigenvalue weighted by atomic mass is 16.5. The second kappa shape index (κ2) is 5.25. The van der Waals surface area contributed by atoms with Gasteiger partial charge in [-0.2, -0.15) is 0 Å². The molecule has 0 aliphatic carbocycles. The van der Waals surface area contributed by atoms with Gasteiger partial charge in [0.25, 0.3) is 0 Å². The minimum atomic E-state index is 0.492. The zero-order valence-corrected chi connectivity index (χ0v) is 10.0. The molecule has 1 aliphatic rings. The summed E-state index contributed by atoms with van der Waals surface area (Å²) < 4.78 is 5.31. The maximum absolute atomic E-state index is 5.31.